The summed E-state index contributed by atoms with van der Waals surface area (Å²) in [5, 5.41) is 11.0. The molecule has 1 aliphatic heterocycles. The molecule has 1 saturated heterocycles. The lowest BCUT2D eigenvalue weighted by Gasteiger charge is -2.33. The van der Waals surface area contributed by atoms with Gasteiger partial charge in [0, 0.05) is 43.1 Å². The van der Waals surface area contributed by atoms with Gasteiger partial charge in [-0.05, 0) is 90.0 Å². The lowest BCUT2D eigenvalue weighted by Crippen LogP contribution is -2.50. The summed E-state index contributed by atoms with van der Waals surface area (Å²) in [6.07, 6.45) is 7.57. The summed E-state index contributed by atoms with van der Waals surface area (Å²) in [5.74, 6) is 1.88. The fraction of sp³-hybridized carbons (Fsp3) is 0.621. The zero-order chi connectivity index (χ0) is 27.9. The quantitative estimate of drug-likeness (QED) is 0.292. The van der Waals surface area contributed by atoms with Crippen molar-refractivity contribution in [1.29, 1.82) is 0 Å². The zero-order valence-corrected chi connectivity index (χ0v) is 24.2. The Bertz CT molecular complexity index is 1100. The Morgan fingerprint density at radius 3 is 2.67 bits per heavy atom. The first-order chi connectivity index (χ1) is 18.7. The van der Waals surface area contributed by atoms with E-state index < -0.39 is 5.54 Å². The second-order valence-electron chi connectivity index (χ2n) is 11.4. The van der Waals surface area contributed by atoms with Crippen LogP contribution in [-0.4, -0.2) is 66.0 Å². The maximum absolute atomic E-state index is 12.1. The van der Waals surface area contributed by atoms with Gasteiger partial charge in [-0.2, -0.15) is 0 Å². The largest absolute Gasteiger partial charge is 0.465 e. The minimum atomic E-state index is -0.674. The van der Waals surface area contributed by atoms with Gasteiger partial charge in [0.2, 0.25) is 0 Å². The molecule has 5 N–H and O–H groups in total. The molecule has 0 amide bonds. The molecular formula is C29H43ClN6O3. The maximum Gasteiger partial charge on any atom is 0.325 e. The predicted molar refractivity (Wildman–Crippen MR) is 156 cm³/mol. The van der Waals surface area contributed by atoms with Crippen molar-refractivity contribution in [3.63, 3.8) is 0 Å². The van der Waals surface area contributed by atoms with Crippen molar-refractivity contribution in [1.82, 2.24) is 15.3 Å². The summed E-state index contributed by atoms with van der Waals surface area (Å²) < 4.78 is 10.6. The Kier molecular flexibility index (Phi) is 10.0. The van der Waals surface area contributed by atoms with Crippen molar-refractivity contribution >= 4 is 29.2 Å². The molecule has 9 nitrogen and oxygen atoms in total. The van der Waals surface area contributed by atoms with Crippen LogP contribution >= 0.6 is 11.6 Å². The van der Waals surface area contributed by atoms with Crippen LogP contribution in [0.25, 0.3) is 11.3 Å². The number of halogens is 1. The van der Waals surface area contributed by atoms with Crippen LogP contribution in [0, 0.1) is 5.92 Å². The van der Waals surface area contributed by atoms with Gasteiger partial charge in [0.25, 0.3) is 0 Å². The van der Waals surface area contributed by atoms with Gasteiger partial charge in [-0.15, -0.1) is 0 Å². The number of nitrogens with zero attached hydrogens (tertiary/aromatic N) is 2. The van der Waals surface area contributed by atoms with E-state index in [-0.39, 0.29) is 11.5 Å². The number of rotatable bonds is 11. The molecule has 10 heteroatoms. The van der Waals surface area contributed by atoms with Crippen molar-refractivity contribution in [3.8, 4) is 11.3 Å². The summed E-state index contributed by atoms with van der Waals surface area (Å²) in [7, 11) is 0. The normalized spacial score (nSPS) is 21.3. The monoisotopic (exact) mass is 558 g/mol. The molecule has 0 spiro atoms. The molecule has 3 heterocycles. The van der Waals surface area contributed by atoms with Crippen LogP contribution in [0.15, 0.2) is 30.5 Å². The molecule has 0 radical (unpaired) electrons. The molecule has 214 valence electrons. The van der Waals surface area contributed by atoms with Crippen molar-refractivity contribution in [2.45, 2.75) is 76.4 Å². The van der Waals surface area contributed by atoms with Crippen LogP contribution in [0.1, 0.15) is 59.3 Å². The summed E-state index contributed by atoms with van der Waals surface area (Å²) >= 11 is 6.55. The number of nitrogens with one attached hydrogen (secondary N) is 3. The van der Waals surface area contributed by atoms with Crippen LogP contribution in [-0.2, 0) is 14.3 Å². The van der Waals surface area contributed by atoms with Crippen molar-refractivity contribution in [2.24, 2.45) is 11.7 Å². The third-order valence-electron chi connectivity index (χ3n) is 7.81. The number of hydrogen-bond acceptors (Lipinski definition) is 9. The number of hydrogen-bond donors (Lipinski definition) is 4. The molecule has 0 unspecified atom stereocenters. The predicted octanol–water partition coefficient (Wildman–Crippen LogP) is 4.62. The molecule has 0 bridgehead atoms. The van der Waals surface area contributed by atoms with Crippen molar-refractivity contribution in [2.75, 3.05) is 43.5 Å². The molecule has 1 saturated carbocycles. The number of anilines is 2. The van der Waals surface area contributed by atoms with E-state index in [4.69, 9.17) is 31.8 Å². The van der Waals surface area contributed by atoms with E-state index in [2.05, 4.69) is 20.9 Å². The van der Waals surface area contributed by atoms with E-state index in [1.165, 1.54) is 0 Å². The lowest BCUT2D eigenvalue weighted by molar-refractivity contribution is -0.149. The van der Waals surface area contributed by atoms with Crippen LogP contribution < -0.4 is 21.7 Å². The van der Waals surface area contributed by atoms with Gasteiger partial charge < -0.3 is 31.2 Å². The lowest BCUT2D eigenvalue weighted by atomic mass is 9.85. The Morgan fingerprint density at radius 1 is 1.21 bits per heavy atom. The second-order valence-corrected chi connectivity index (χ2v) is 11.8. The Hall–Kier alpha value is -2.46. The van der Waals surface area contributed by atoms with E-state index in [1.807, 2.05) is 45.0 Å². The van der Waals surface area contributed by atoms with Crippen LogP contribution in [0.2, 0.25) is 5.02 Å². The highest BCUT2D eigenvalue weighted by atomic mass is 35.5. The summed E-state index contributed by atoms with van der Waals surface area (Å²) in [4.78, 5) is 21.5. The number of ether oxygens (including phenoxy) is 2. The SMILES string of the molecule is CCOC(=O)C(C)(C)NCC1CCC(Nc2cc(-c3cccc(NCC4(N)CCOCC4)n3)c(Cl)cn2)CC1. The highest BCUT2D eigenvalue weighted by Gasteiger charge is 2.31. The third-order valence-corrected chi connectivity index (χ3v) is 8.11. The van der Waals surface area contributed by atoms with Gasteiger partial charge in [0.15, 0.2) is 0 Å². The fourth-order valence-corrected chi connectivity index (χ4v) is 5.32. The molecule has 2 aromatic rings. The number of aromatic nitrogens is 2. The molecule has 1 aliphatic carbocycles. The van der Waals surface area contributed by atoms with E-state index >= 15 is 0 Å². The van der Waals surface area contributed by atoms with E-state index in [1.54, 1.807) is 6.20 Å². The van der Waals surface area contributed by atoms with Gasteiger partial charge in [-0.25, -0.2) is 9.97 Å². The smallest absolute Gasteiger partial charge is 0.325 e. The first-order valence-electron chi connectivity index (χ1n) is 14.1. The summed E-state index contributed by atoms with van der Waals surface area (Å²) in [6, 6.07) is 8.19. The van der Waals surface area contributed by atoms with E-state index in [0.29, 0.717) is 43.3 Å². The Labute approximate surface area is 237 Å². The highest BCUT2D eigenvalue weighted by Crippen LogP contribution is 2.31. The molecule has 2 aliphatic rings. The number of pyridine rings is 2. The van der Waals surface area contributed by atoms with Crippen molar-refractivity contribution in [3.05, 3.63) is 35.5 Å². The average molecular weight is 559 g/mol. The average Bonchev–Trinajstić information content (AvgIpc) is 2.93. The van der Waals surface area contributed by atoms with E-state index in [9.17, 15) is 4.79 Å². The first kappa shape index (κ1) is 29.5. The second kappa shape index (κ2) is 13.3. The molecule has 39 heavy (non-hydrogen) atoms. The standard InChI is InChI=1S/C29H43ClN6O3/c1-4-39-27(37)28(2,3)34-17-20-8-10-21(11-9-20)35-26-16-22(23(30)18-32-26)24-6-5-7-25(36-24)33-19-29(31)12-14-38-15-13-29/h5-7,16,18,20-21,34H,4,8-15,17,19,31H2,1-3H3,(H,32,35)(H,33,36). The Balaban J connectivity index is 1.31. The first-order valence-corrected chi connectivity index (χ1v) is 14.5. The van der Waals surface area contributed by atoms with Crippen LogP contribution in [0.5, 0.6) is 0 Å². The molecule has 4 rings (SSSR count). The molecule has 0 atom stereocenters. The van der Waals surface area contributed by atoms with Crippen LogP contribution in [0.4, 0.5) is 11.6 Å². The van der Waals surface area contributed by atoms with Gasteiger partial charge in [0.1, 0.15) is 17.2 Å². The summed E-state index contributed by atoms with van der Waals surface area (Å²) in [6.45, 7) is 8.81. The Morgan fingerprint density at radius 2 is 1.95 bits per heavy atom. The molecule has 0 aromatic carbocycles. The van der Waals surface area contributed by atoms with Crippen LogP contribution in [0.3, 0.4) is 0 Å². The van der Waals surface area contributed by atoms with Gasteiger partial charge in [-0.1, -0.05) is 17.7 Å². The maximum atomic E-state index is 12.1. The van der Waals surface area contributed by atoms with E-state index in [0.717, 1.165) is 68.0 Å². The minimum Gasteiger partial charge on any atom is -0.465 e. The molecule has 2 aromatic heterocycles. The highest BCUT2D eigenvalue weighted by molar-refractivity contribution is 6.33. The van der Waals surface area contributed by atoms with Gasteiger partial charge in [-0.3, -0.25) is 4.79 Å². The van der Waals surface area contributed by atoms with Gasteiger partial charge >= 0.3 is 5.97 Å². The number of nitrogens with two attached hydrogens (primary N) is 1. The number of carbonyl (C=O) groups excluding carboxylic acids is 1. The third kappa shape index (κ3) is 8.27. The molecular weight excluding hydrogens is 516 g/mol. The summed E-state index contributed by atoms with van der Waals surface area (Å²) in [5.41, 5.74) is 7.19. The minimum absolute atomic E-state index is 0.205. The number of carbonyl (C=O) groups is 1. The van der Waals surface area contributed by atoms with Crippen molar-refractivity contribution < 1.29 is 14.3 Å². The number of esters is 1. The van der Waals surface area contributed by atoms with Gasteiger partial charge in [0.05, 0.1) is 17.3 Å². The topological polar surface area (TPSA) is 123 Å². The molecule has 2 fully saturated rings. The zero-order valence-electron chi connectivity index (χ0n) is 23.4. The fourth-order valence-electron chi connectivity index (χ4n) is 5.12.